The van der Waals surface area contributed by atoms with E-state index in [1.807, 2.05) is 13.8 Å². The van der Waals surface area contributed by atoms with Crippen LogP contribution in [0.1, 0.15) is 66.2 Å². The molecule has 10 heteroatoms. The lowest BCUT2D eigenvalue weighted by molar-refractivity contribution is -0.576. The zero-order chi connectivity index (χ0) is 23.3. The lowest BCUT2D eigenvalue weighted by atomic mass is 9.58. The molecule has 10 nitrogen and oxygen atoms in total. The molecule has 0 aromatic heterocycles. The summed E-state index contributed by atoms with van der Waals surface area (Å²) in [5.74, 6) is -2.64. The predicted molar refractivity (Wildman–Crippen MR) is 107 cm³/mol. The summed E-state index contributed by atoms with van der Waals surface area (Å²) < 4.78 is 18.0. The SMILES string of the molecule is CC(NC(=O)CCC(=O)O[C@@H]1O[C@@H]2O[C@@]3(C)CC[C@H]4[C@H](C)CCC(C1C)[C@@]24OO3)C(=O)O. The first kappa shape index (κ1) is 23.4. The Hall–Kier alpha value is -1.75. The van der Waals surface area contributed by atoms with Crippen LogP contribution in [0, 0.1) is 23.7 Å². The average molecular weight is 456 g/mol. The maximum absolute atomic E-state index is 12.5. The van der Waals surface area contributed by atoms with Crippen molar-refractivity contribution in [1.29, 1.82) is 0 Å². The van der Waals surface area contributed by atoms with Crippen molar-refractivity contribution in [2.75, 3.05) is 0 Å². The molecule has 180 valence electrons. The molecule has 1 saturated carbocycles. The number of carbonyl (C=O) groups excluding carboxylic acids is 2. The van der Waals surface area contributed by atoms with E-state index in [4.69, 9.17) is 29.1 Å². The fraction of sp³-hybridized carbons (Fsp3) is 0.864. The first-order valence-electron chi connectivity index (χ1n) is 11.5. The number of aliphatic carboxylic acids is 1. The van der Waals surface area contributed by atoms with E-state index in [0.29, 0.717) is 12.3 Å². The second-order valence-electron chi connectivity index (χ2n) is 9.89. The van der Waals surface area contributed by atoms with Gasteiger partial charge >= 0.3 is 11.9 Å². The van der Waals surface area contributed by atoms with Gasteiger partial charge in [-0.1, -0.05) is 13.8 Å². The molecule has 0 aromatic carbocycles. The molecule has 1 aliphatic carbocycles. The van der Waals surface area contributed by atoms with E-state index in [2.05, 4.69) is 12.2 Å². The first-order chi connectivity index (χ1) is 15.1. The molecule has 2 bridgehead atoms. The van der Waals surface area contributed by atoms with E-state index < -0.39 is 47.9 Å². The monoisotopic (exact) mass is 455 g/mol. The lowest BCUT2D eigenvalue weighted by Crippen LogP contribution is -2.70. The van der Waals surface area contributed by atoms with Crippen LogP contribution < -0.4 is 5.32 Å². The Morgan fingerprint density at radius 1 is 1.12 bits per heavy atom. The van der Waals surface area contributed by atoms with Gasteiger partial charge in [0.25, 0.3) is 0 Å². The zero-order valence-corrected chi connectivity index (χ0v) is 19.0. The third-order valence-electron chi connectivity index (χ3n) is 7.65. The van der Waals surface area contributed by atoms with E-state index in [1.54, 1.807) is 0 Å². The Morgan fingerprint density at radius 2 is 1.88 bits per heavy atom. The minimum absolute atomic E-state index is 0.0302. The fourth-order valence-corrected chi connectivity index (χ4v) is 5.79. The summed E-state index contributed by atoms with van der Waals surface area (Å²) >= 11 is 0. The maximum atomic E-state index is 12.5. The van der Waals surface area contributed by atoms with E-state index >= 15 is 0 Å². The van der Waals surface area contributed by atoms with Gasteiger partial charge in [-0.2, -0.15) is 0 Å². The van der Waals surface area contributed by atoms with Crippen LogP contribution in [0.15, 0.2) is 0 Å². The third kappa shape index (κ3) is 4.02. The number of nitrogens with one attached hydrogen (secondary N) is 1. The molecule has 0 radical (unpaired) electrons. The average Bonchev–Trinajstić information content (AvgIpc) is 2.96. The number of esters is 1. The highest BCUT2D eigenvalue weighted by atomic mass is 17.3. The summed E-state index contributed by atoms with van der Waals surface area (Å²) in [7, 11) is 0. The Bertz CT molecular complexity index is 775. The van der Waals surface area contributed by atoms with Crippen molar-refractivity contribution < 1.29 is 43.5 Å². The smallest absolute Gasteiger partial charge is 0.325 e. The highest BCUT2D eigenvalue weighted by Crippen LogP contribution is 2.60. The highest BCUT2D eigenvalue weighted by molar-refractivity contribution is 5.85. The molecule has 5 rings (SSSR count). The third-order valence-corrected chi connectivity index (χ3v) is 7.65. The van der Waals surface area contributed by atoms with E-state index in [1.165, 1.54) is 6.92 Å². The lowest BCUT2D eigenvalue weighted by Gasteiger charge is -2.59. The molecule has 4 heterocycles. The van der Waals surface area contributed by atoms with E-state index in [-0.39, 0.29) is 30.6 Å². The highest BCUT2D eigenvalue weighted by Gasteiger charge is 2.69. The van der Waals surface area contributed by atoms with E-state index in [0.717, 1.165) is 19.3 Å². The molecular weight excluding hydrogens is 422 g/mol. The van der Waals surface area contributed by atoms with Crippen LogP contribution in [0.5, 0.6) is 0 Å². The summed E-state index contributed by atoms with van der Waals surface area (Å²) in [6.45, 7) is 7.39. The van der Waals surface area contributed by atoms with Gasteiger partial charge in [-0.15, -0.1) is 0 Å². The number of ether oxygens (including phenoxy) is 3. The fourth-order valence-electron chi connectivity index (χ4n) is 5.79. The number of rotatable bonds is 6. The van der Waals surface area contributed by atoms with Crippen molar-refractivity contribution in [3.8, 4) is 0 Å². The number of fused-ring (bicyclic) bond motifs is 2. The van der Waals surface area contributed by atoms with Gasteiger partial charge in [-0.25, -0.2) is 9.78 Å². The number of hydrogen-bond donors (Lipinski definition) is 2. The standard InChI is InChI=1S/C22H33NO9/c1-11-5-6-15-12(2)19(28-17(25)8-7-16(24)23-13(3)18(26)27)29-20-22(15)14(11)9-10-21(4,30-20)31-32-22/h11-15,19-20H,5-10H2,1-4H3,(H,23,24)(H,26,27)/t11-,12?,13?,14+,15?,19-,20-,21-,22-/m1/s1. The Balaban J connectivity index is 1.42. The quantitative estimate of drug-likeness (QED) is 0.457. The van der Waals surface area contributed by atoms with Crippen molar-refractivity contribution in [3.05, 3.63) is 0 Å². The molecule has 4 aliphatic heterocycles. The van der Waals surface area contributed by atoms with Gasteiger partial charge in [0.05, 0.1) is 6.42 Å². The second-order valence-corrected chi connectivity index (χ2v) is 9.89. The molecule has 4 saturated heterocycles. The Morgan fingerprint density at radius 3 is 2.59 bits per heavy atom. The molecule has 0 aromatic rings. The first-order valence-corrected chi connectivity index (χ1v) is 11.5. The molecule has 5 fully saturated rings. The Kier molecular flexibility index (Phi) is 6.26. The molecular formula is C22H33NO9. The minimum Gasteiger partial charge on any atom is -0.480 e. The number of hydrogen-bond acceptors (Lipinski definition) is 8. The van der Waals surface area contributed by atoms with Crippen molar-refractivity contribution in [2.24, 2.45) is 23.7 Å². The summed E-state index contributed by atoms with van der Waals surface area (Å²) in [4.78, 5) is 47.0. The van der Waals surface area contributed by atoms with Gasteiger partial charge < -0.3 is 24.6 Å². The predicted octanol–water partition coefficient (Wildman–Crippen LogP) is 2.11. The summed E-state index contributed by atoms with van der Waals surface area (Å²) in [5.41, 5.74) is -0.733. The Labute approximate surface area is 187 Å². The van der Waals surface area contributed by atoms with Crippen LogP contribution in [-0.4, -0.2) is 53.0 Å². The van der Waals surface area contributed by atoms with Gasteiger partial charge in [0.1, 0.15) is 6.04 Å². The molecule has 32 heavy (non-hydrogen) atoms. The molecule has 3 unspecified atom stereocenters. The molecule has 2 N–H and O–H groups in total. The van der Waals surface area contributed by atoms with Gasteiger partial charge in [-0.3, -0.25) is 14.4 Å². The summed E-state index contributed by atoms with van der Waals surface area (Å²) in [6.07, 6.45) is 1.64. The van der Waals surface area contributed by atoms with Crippen LogP contribution in [-0.2, 0) is 38.4 Å². The van der Waals surface area contributed by atoms with Crippen LogP contribution in [0.25, 0.3) is 0 Å². The van der Waals surface area contributed by atoms with Crippen LogP contribution in [0.3, 0.4) is 0 Å². The van der Waals surface area contributed by atoms with Gasteiger partial charge in [-0.05, 0) is 44.9 Å². The minimum atomic E-state index is -1.14. The normalized spacial score (nSPS) is 43.5. The van der Waals surface area contributed by atoms with Crippen molar-refractivity contribution >= 4 is 17.8 Å². The van der Waals surface area contributed by atoms with Crippen LogP contribution in [0.2, 0.25) is 0 Å². The molecule has 1 spiro atoms. The van der Waals surface area contributed by atoms with Crippen LogP contribution >= 0.6 is 0 Å². The van der Waals surface area contributed by atoms with E-state index in [9.17, 15) is 14.4 Å². The number of amides is 1. The van der Waals surface area contributed by atoms with Gasteiger partial charge in [0.2, 0.25) is 18.0 Å². The van der Waals surface area contributed by atoms with Crippen molar-refractivity contribution in [2.45, 2.75) is 96.2 Å². The van der Waals surface area contributed by atoms with Gasteiger partial charge in [0.15, 0.2) is 11.9 Å². The largest absolute Gasteiger partial charge is 0.480 e. The summed E-state index contributed by atoms with van der Waals surface area (Å²) in [6, 6.07) is -1.02. The molecule has 9 atom stereocenters. The number of carboxylic acids is 1. The zero-order valence-electron chi connectivity index (χ0n) is 19.0. The van der Waals surface area contributed by atoms with Crippen molar-refractivity contribution in [3.63, 3.8) is 0 Å². The van der Waals surface area contributed by atoms with Gasteiger partial charge in [0, 0.05) is 24.7 Å². The summed E-state index contributed by atoms with van der Waals surface area (Å²) in [5, 5.41) is 11.2. The van der Waals surface area contributed by atoms with Crippen LogP contribution in [0.4, 0.5) is 0 Å². The van der Waals surface area contributed by atoms with Crippen molar-refractivity contribution in [1.82, 2.24) is 5.32 Å². The molecule has 5 aliphatic rings. The molecule has 1 amide bonds. The second kappa shape index (κ2) is 8.55. The number of carboxylic acid groups (broad SMARTS) is 1. The topological polar surface area (TPSA) is 130 Å². The number of carbonyl (C=O) groups is 3. The maximum Gasteiger partial charge on any atom is 0.325 e.